The molecule has 138 valence electrons. The van der Waals surface area contributed by atoms with Gasteiger partial charge in [0.15, 0.2) is 0 Å². The molecule has 8 nitrogen and oxygen atoms in total. The van der Waals surface area contributed by atoms with E-state index in [1.807, 2.05) is 0 Å². The summed E-state index contributed by atoms with van der Waals surface area (Å²) in [6, 6.07) is 5.12. The molecule has 0 bridgehead atoms. The van der Waals surface area contributed by atoms with Crippen molar-refractivity contribution in [3.05, 3.63) is 34.7 Å². The first-order valence-corrected chi connectivity index (χ1v) is 9.04. The second-order valence-corrected chi connectivity index (χ2v) is 7.28. The third kappa shape index (κ3) is 3.49. The number of nitrogens with one attached hydrogen (secondary N) is 1. The van der Waals surface area contributed by atoms with E-state index in [2.05, 4.69) is 10.5 Å². The molecule has 2 amide bonds. The summed E-state index contributed by atoms with van der Waals surface area (Å²) in [5, 5.41) is 6.93. The molecule has 1 spiro atoms. The smallest absolute Gasteiger partial charge is 0.269 e. The van der Waals surface area contributed by atoms with E-state index in [1.54, 1.807) is 23.2 Å². The van der Waals surface area contributed by atoms with Crippen LogP contribution in [-0.4, -0.2) is 51.7 Å². The van der Waals surface area contributed by atoms with Crippen LogP contribution >= 0.6 is 0 Å². The molecule has 4 rings (SSSR count). The summed E-state index contributed by atoms with van der Waals surface area (Å²) in [5.74, 6) is -0.218. The third-order valence-electron chi connectivity index (χ3n) is 5.25. The number of carbonyl (C=O) groups excluding carboxylic acids is 2. The van der Waals surface area contributed by atoms with E-state index in [0.717, 1.165) is 12.8 Å². The highest BCUT2D eigenvalue weighted by Gasteiger charge is 2.44. The minimum Gasteiger partial charge on any atom is -0.388 e. The van der Waals surface area contributed by atoms with Gasteiger partial charge in [0.05, 0.1) is 0 Å². The highest BCUT2D eigenvalue weighted by molar-refractivity contribution is 6.39. The van der Waals surface area contributed by atoms with Gasteiger partial charge in [-0.3, -0.25) is 14.4 Å². The zero-order valence-corrected chi connectivity index (χ0v) is 14.5. The van der Waals surface area contributed by atoms with Gasteiger partial charge in [0.2, 0.25) is 5.91 Å². The number of rotatable bonds is 4. The zero-order chi connectivity index (χ0) is 18.1. The number of piperidine rings is 1. The number of oxime groups is 1. The third-order valence-corrected chi connectivity index (χ3v) is 5.25. The number of aromatic nitrogens is 1. The average molecular weight is 358 g/mol. The van der Waals surface area contributed by atoms with Crippen molar-refractivity contribution in [3.63, 3.8) is 0 Å². The highest BCUT2D eigenvalue weighted by Crippen LogP contribution is 2.35. The minimum absolute atomic E-state index is 0.0407. The van der Waals surface area contributed by atoms with Gasteiger partial charge in [-0.05, 0) is 18.9 Å². The van der Waals surface area contributed by atoms with E-state index in [1.165, 1.54) is 10.6 Å². The number of hydrogen-bond acceptors (Lipinski definition) is 5. The molecule has 0 atom stereocenters. The number of hydrogen-bond donors (Lipinski definition) is 1. The Kier molecular flexibility index (Phi) is 4.26. The van der Waals surface area contributed by atoms with Gasteiger partial charge in [0.1, 0.15) is 17.9 Å². The Bertz CT molecular complexity index is 803. The van der Waals surface area contributed by atoms with E-state index in [4.69, 9.17) is 4.84 Å². The van der Waals surface area contributed by atoms with Gasteiger partial charge in [-0.25, -0.2) is 0 Å². The molecule has 26 heavy (non-hydrogen) atoms. The number of pyridine rings is 1. The lowest BCUT2D eigenvalue weighted by Gasteiger charge is -2.37. The van der Waals surface area contributed by atoms with E-state index in [0.29, 0.717) is 44.1 Å². The second kappa shape index (κ2) is 6.59. The molecular weight excluding hydrogens is 336 g/mol. The Hall–Kier alpha value is -2.64. The van der Waals surface area contributed by atoms with Gasteiger partial charge >= 0.3 is 0 Å². The fourth-order valence-electron chi connectivity index (χ4n) is 3.41. The lowest BCUT2D eigenvalue weighted by molar-refractivity contribution is -0.137. The summed E-state index contributed by atoms with van der Waals surface area (Å²) in [6.07, 6.45) is 5.44. The molecule has 0 unspecified atom stereocenters. The van der Waals surface area contributed by atoms with E-state index in [-0.39, 0.29) is 23.9 Å². The molecular formula is C18H22N4O4. The van der Waals surface area contributed by atoms with Gasteiger partial charge in [0.25, 0.3) is 11.5 Å². The maximum absolute atomic E-state index is 12.5. The van der Waals surface area contributed by atoms with Gasteiger partial charge in [-0.1, -0.05) is 11.2 Å². The van der Waals surface area contributed by atoms with Crippen LogP contribution in [0.15, 0.2) is 34.3 Å². The Morgan fingerprint density at radius 1 is 1.27 bits per heavy atom. The Labute approximate surface area is 150 Å². The van der Waals surface area contributed by atoms with Crippen LogP contribution in [0, 0.1) is 0 Å². The fourth-order valence-corrected chi connectivity index (χ4v) is 3.41. The molecule has 1 aromatic rings. The van der Waals surface area contributed by atoms with Crippen molar-refractivity contribution in [1.82, 2.24) is 14.8 Å². The average Bonchev–Trinajstić information content (AvgIpc) is 3.36. The minimum atomic E-state index is -0.476. The van der Waals surface area contributed by atoms with Crippen molar-refractivity contribution < 1.29 is 14.4 Å². The number of likely N-dealkylation sites (tertiary alicyclic amines) is 1. The normalized spacial score (nSPS) is 21.2. The predicted octanol–water partition coefficient (Wildman–Crippen LogP) is 0.264. The van der Waals surface area contributed by atoms with Crippen LogP contribution in [0.4, 0.5) is 0 Å². The van der Waals surface area contributed by atoms with Crippen molar-refractivity contribution in [2.24, 2.45) is 5.16 Å². The van der Waals surface area contributed by atoms with Gasteiger partial charge in [-0.15, -0.1) is 0 Å². The molecule has 3 heterocycles. The molecule has 1 saturated carbocycles. The Morgan fingerprint density at radius 2 is 2.04 bits per heavy atom. The first kappa shape index (κ1) is 16.8. The maximum Gasteiger partial charge on any atom is 0.269 e. The molecule has 1 aromatic heterocycles. The number of nitrogens with zero attached hydrogens (tertiary/aromatic N) is 3. The van der Waals surface area contributed by atoms with Crippen LogP contribution in [0.3, 0.4) is 0 Å². The summed E-state index contributed by atoms with van der Waals surface area (Å²) in [5.41, 5.74) is -0.211. The van der Waals surface area contributed by atoms with E-state index >= 15 is 0 Å². The lowest BCUT2D eigenvalue weighted by Crippen LogP contribution is -2.48. The molecule has 2 aliphatic heterocycles. The summed E-state index contributed by atoms with van der Waals surface area (Å²) in [4.78, 5) is 43.7. The predicted molar refractivity (Wildman–Crippen MR) is 93.5 cm³/mol. The molecule has 0 aromatic carbocycles. The summed E-state index contributed by atoms with van der Waals surface area (Å²) in [6.45, 7) is 1.11. The topological polar surface area (TPSA) is 93.0 Å². The number of carbonyl (C=O) groups is 2. The van der Waals surface area contributed by atoms with E-state index in [9.17, 15) is 14.4 Å². The van der Waals surface area contributed by atoms with Crippen LogP contribution in [0.2, 0.25) is 0 Å². The highest BCUT2D eigenvalue weighted by atomic mass is 16.7. The van der Waals surface area contributed by atoms with Crippen LogP contribution in [0.1, 0.15) is 32.1 Å². The summed E-state index contributed by atoms with van der Waals surface area (Å²) < 4.78 is 1.40. The molecule has 0 radical (unpaired) electrons. The van der Waals surface area contributed by atoms with Crippen molar-refractivity contribution in [2.75, 3.05) is 13.1 Å². The number of amides is 2. The summed E-state index contributed by atoms with van der Waals surface area (Å²) >= 11 is 0. The maximum atomic E-state index is 12.5. The van der Waals surface area contributed by atoms with Gasteiger partial charge in [-0.2, -0.15) is 0 Å². The standard InChI is InChI=1S/C18H22N4O4/c23-15-3-1-2-8-22(15)12-16(24)21-9-6-18(7-10-21)11-14(20-26-18)17(25)19-13-4-5-13/h1-3,8,13H,4-7,9-12H2,(H,19,25). The van der Waals surface area contributed by atoms with Crippen molar-refractivity contribution in [3.8, 4) is 0 Å². The second-order valence-electron chi connectivity index (χ2n) is 7.28. The van der Waals surface area contributed by atoms with Crippen LogP contribution in [0.25, 0.3) is 0 Å². The lowest BCUT2D eigenvalue weighted by atomic mass is 9.86. The van der Waals surface area contributed by atoms with Crippen molar-refractivity contribution in [2.45, 2.75) is 50.3 Å². The van der Waals surface area contributed by atoms with Crippen molar-refractivity contribution in [1.29, 1.82) is 0 Å². The van der Waals surface area contributed by atoms with Gasteiger partial charge < -0.3 is 19.6 Å². The monoisotopic (exact) mass is 358 g/mol. The molecule has 2 fully saturated rings. The van der Waals surface area contributed by atoms with Gasteiger partial charge in [0, 0.05) is 50.7 Å². The molecule has 1 N–H and O–H groups in total. The van der Waals surface area contributed by atoms with E-state index < -0.39 is 5.60 Å². The first-order valence-electron chi connectivity index (χ1n) is 9.04. The zero-order valence-electron chi connectivity index (χ0n) is 14.5. The quantitative estimate of drug-likeness (QED) is 0.836. The first-order chi connectivity index (χ1) is 12.5. The Balaban J connectivity index is 1.30. The molecule has 8 heteroatoms. The van der Waals surface area contributed by atoms with Crippen LogP contribution < -0.4 is 10.9 Å². The van der Waals surface area contributed by atoms with Crippen molar-refractivity contribution >= 4 is 17.5 Å². The van der Waals surface area contributed by atoms with Crippen LogP contribution in [-0.2, 0) is 21.0 Å². The Morgan fingerprint density at radius 3 is 2.73 bits per heavy atom. The summed E-state index contributed by atoms with van der Waals surface area (Å²) in [7, 11) is 0. The molecule has 3 aliphatic rings. The molecule has 1 saturated heterocycles. The molecule has 1 aliphatic carbocycles. The fraction of sp³-hybridized carbons (Fsp3) is 0.556. The largest absolute Gasteiger partial charge is 0.388 e. The van der Waals surface area contributed by atoms with Crippen LogP contribution in [0.5, 0.6) is 0 Å². The SMILES string of the molecule is O=C(NC1CC1)C1=NOC2(CCN(C(=O)Cn3ccccc3=O)CC2)C1.